The number of quaternary nitrogens is 1. The van der Waals surface area contributed by atoms with Crippen LogP contribution in [-0.2, 0) is 22.6 Å². The molecule has 0 radical (unpaired) electrons. The van der Waals surface area contributed by atoms with Crippen molar-refractivity contribution in [2.45, 2.75) is 25.9 Å². The highest BCUT2D eigenvalue weighted by molar-refractivity contribution is 5.88. The zero-order chi connectivity index (χ0) is 19.8. The third-order valence-electron chi connectivity index (χ3n) is 4.29. The van der Waals surface area contributed by atoms with Crippen molar-refractivity contribution in [2.24, 2.45) is 0 Å². The van der Waals surface area contributed by atoms with Crippen LogP contribution >= 0.6 is 0 Å². The van der Waals surface area contributed by atoms with Gasteiger partial charge in [-0.2, -0.15) is 0 Å². The first-order valence-corrected chi connectivity index (χ1v) is 8.86. The zero-order valence-electron chi connectivity index (χ0n) is 15.9. The van der Waals surface area contributed by atoms with Gasteiger partial charge >= 0.3 is 0 Å². The molecule has 2 rings (SSSR count). The molecule has 1 unspecified atom stereocenters. The predicted molar refractivity (Wildman–Crippen MR) is 101 cm³/mol. The van der Waals surface area contributed by atoms with Crippen LogP contribution in [-0.4, -0.2) is 38.4 Å². The number of halogens is 1. The van der Waals surface area contributed by atoms with Crippen molar-refractivity contribution in [3.63, 3.8) is 0 Å². The quantitative estimate of drug-likeness (QED) is 0.694. The fourth-order valence-corrected chi connectivity index (χ4v) is 2.90. The highest BCUT2D eigenvalue weighted by atomic mass is 19.1. The zero-order valence-corrected chi connectivity index (χ0v) is 15.9. The van der Waals surface area contributed by atoms with Gasteiger partial charge in [0.1, 0.15) is 6.54 Å². The van der Waals surface area contributed by atoms with Crippen LogP contribution in [0.1, 0.15) is 18.1 Å². The van der Waals surface area contributed by atoms with Gasteiger partial charge in [0.2, 0.25) is 0 Å². The molecule has 1 amide bonds. The minimum atomic E-state index is -0.550. The molecule has 0 saturated heterocycles. The van der Waals surface area contributed by atoms with E-state index in [-0.39, 0.29) is 24.0 Å². The van der Waals surface area contributed by atoms with E-state index in [9.17, 15) is 14.0 Å². The summed E-state index contributed by atoms with van der Waals surface area (Å²) in [5.41, 5.74) is 1.76. The summed E-state index contributed by atoms with van der Waals surface area (Å²) in [6.45, 7) is 2.15. The molecule has 0 fully saturated rings. The lowest BCUT2D eigenvalue weighted by Crippen LogP contribution is -3.09. The molecule has 0 aliphatic heterocycles. The number of rotatable bonds is 9. The first-order chi connectivity index (χ1) is 12.9. The van der Waals surface area contributed by atoms with Crippen molar-refractivity contribution < 1.29 is 23.6 Å². The molecule has 2 aromatic carbocycles. The number of ether oxygens (including phenoxy) is 1. The smallest absolute Gasteiger partial charge is 0.275 e. The van der Waals surface area contributed by atoms with Gasteiger partial charge in [-0.15, -0.1) is 0 Å². The molecule has 0 aliphatic carbocycles. The topological polar surface area (TPSA) is 59.8 Å². The fraction of sp³-hybridized carbons (Fsp3) is 0.333. The van der Waals surface area contributed by atoms with Crippen LogP contribution in [0.5, 0.6) is 5.75 Å². The average Bonchev–Trinajstić information content (AvgIpc) is 2.62. The second-order valence-electron chi connectivity index (χ2n) is 6.70. The summed E-state index contributed by atoms with van der Waals surface area (Å²) in [6.07, 6.45) is 0.463. The molecule has 2 atom stereocenters. The number of amides is 1. The Morgan fingerprint density at radius 3 is 2.44 bits per heavy atom. The Morgan fingerprint density at radius 1 is 1.15 bits per heavy atom. The largest absolute Gasteiger partial charge is 0.494 e. The van der Waals surface area contributed by atoms with E-state index in [0.717, 1.165) is 16.0 Å². The van der Waals surface area contributed by atoms with Gasteiger partial charge in [0.05, 0.1) is 20.2 Å². The highest BCUT2D eigenvalue weighted by Crippen LogP contribution is 2.17. The van der Waals surface area contributed by atoms with Gasteiger partial charge in [0, 0.05) is 5.56 Å². The van der Waals surface area contributed by atoms with Crippen LogP contribution in [0.15, 0.2) is 48.5 Å². The van der Waals surface area contributed by atoms with Crippen molar-refractivity contribution in [1.82, 2.24) is 5.32 Å². The van der Waals surface area contributed by atoms with E-state index in [2.05, 4.69) is 5.32 Å². The van der Waals surface area contributed by atoms with E-state index < -0.39 is 11.9 Å². The number of carbonyl (C=O) groups is 2. The Kier molecular flexibility index (Phi) is 7.49. The molecule has 2 aromatic rings. The standard InChI is InChI=1S/C21H25FN2O3/c1-15(25)19(12-16-7-5-4-6-8-16)23-21(26)14-24(2)13-17-9-10-20(27-3)18(22)11-17/h4-11,19H,12-14H2,1-3H3,(H,23,26)/p+1/t19-/m1/s1. The lowest BCUT2D eigenvalue weighted by atomic mass is 10.0. The molecule has 27 heavy (non-hydrogen) atoms. The number of likely N-dealkylation sites (N-methyl/N-ethyl adjacent to an activating group) is 1. The van der Waals surface area contributed by atoms with Crippen LogP contribution in [0.3, 0.4) is 0 Å². The molecule has 0 saturated carbocycles. The Bertz CT molecular complexity index is 780. The molecular weight excluding hydrogens is 347 g/mol. The summed E-state index contributed by atoms with van der Waals surface area (Å²) in [7, 11) is 3.27. The SMILES string of the molecule is COc1ccc(C[NH+](C)CC(=O)N[C@H](Cc2ccccc2)C(C)=O)cc1F. The van der Waals surface area contributed by atoms with Gasteiger partial charge < -0.3 is 15.0 Å². The highest BCUT2D eigenvalue weighted by Gasteiger charge is 2.20. The maximum atomic E-state index is 13.8. The van der Waals surface area contributed by atoms with E-state index in [0.29, 0.717) is 13.0 Å². The van der Waals surface area contributed by atoms with Crippen LogP contribution in [0, 0.1) is 5.82 Å². The lowest BCUT2D eigenvalue weighted by molar-refractivity contribution is -0.885. The number of ketones is 1. The predicted octanol–water partition coefficient (Wildman–Crippen LogP) is 1.17. The molecule has 0 aromatic heterocycles. The minimum absolute atomic E-state index is 0.0814. The van der Waals surface area contributed by atoms with Gasteiger partial charge in [-0.25, -0.2) is 4.39 Å². The van der Waals surface area contributed by atoms with E-state index in [1.54, 1.807) is 12.1 Å². The number of benzene rings is 2. The minimum Gasteiger partial charge on any atom is -0.494 e. The first kappa shape index (κ1) is 20.6. The van der Waals surface area contributed by atoms with Crippen molar-refractivity contribution in [3.05, 3.63) is 65.5 Å². The van der Waals surface area contributed by atoms with E-state index in [1.807, 2.05) is 37.4 Å². The second kappa shape index (κ2) is 9.83. The van der Waals surface area contributed by atoms with Gasteiger partial charge in [-0.1, -0.05) is 30.3 Å². The number of hydrogen-bond donors (Lipinski definition) is 2. The molecule has 0 aliphatic rings. The second-order valence-corrected chi connectivity index (χ2v) is 6.70. The summed E-state index contributed by atoms with van der Waals surface area (Å²) >= 11 is 0. The maximum absolute atomic E-state index is 13.8. The van der Waals surface area contributed by atoms with Crippen molar-refractivity contribution >= 4 is 11.7 Å². The Labute approximate surface area is 159 Å². The number of methoxy groups -OCH3 is 1. The molecule has 0 heterocycles. The molecule has 0 spiro atoms. The average molecular weight is 373 g/mol. The maximum Gasteiger partial charge on any atom is 0.275 e. The van der Waals surface area contributed by atoms with E-state index in [1.165, 1.54) is 20.1 Å². The van der Waals surface area contributed by atoms with Gasteiger partial charge in [-0.05, 0) is 37.1 Å². The van der Waals surface area contributed by atoms with Crippen molar-refractivity contribution in [2.75, 3.05) is 20.7 Å². The third kappa shape index (κ3) is 6.49. The summed E-state index contributed by atoms with van der Waals surface area (Å²) in [6, 6.07) is 13.8. The summed E-state index contributed by atoms with van der Waals surface area (Å²) in [4.78, 5) is 25.1. The molecule has 144 valence electrons. The first-order valence-electron chi connectivity index (χ1n) is 8.86. The summed E-state index contributed by atoms with van der Waals surface area (Å²) < 4.78 is 18.7. The van der Waals surface area contributed by atoms with Crippen LogP contribution in [0.2, 0.25) is 0 Å². The van der Waals surface area contributed by atoms with Gasteiger partial charge in [0.15, 0.2) is 23.9 Å². The Morgan fingerprint density at radius 2 is 1.85 bits per heavy atom. The summed E-state index contributed by atoms with van der Waals surface area (Å²) in [5, 5.41) is 2.81. The summed E-state index contributed by atoms with van der Waals surface area (Å²) in [5.74, 6) is -0.522. The van der Waals surface area contributed by atoms with Gasteiger partial charge in [-0.3, -0.25) is 9.59 Å². The van der Waals surface area contributed by atoms with Crippen molar-refractivity contribution in [3.8, 4) is 5.75 Å². The number of hydrogen-bond acceptors (Lipinski definition) is 3. The molecular formula is C21H26FN2O3+. The van der Waals surface area contributed by atoms with Crippen molar-refractivity contribution in [1.29, 1.82) is 0 Å². The Hall–Kier alpha value is -2.73. The van der Waals surface area contributed by atoms with Crippen LogP contribution in [0.25, 0.3) is 0 Å². The van der Waals surface area contributed by atoms with Crippen LogP contribution in [0.4, 0.5) is 4.39 Å². The van der Waals surface area contributed by atoms with Gasteiger partial charge in [0.25, 0.3) is 5.91 Å². The lowest BCUT2D eigenvalue weighted by Gasteiger charge is -2.18. The molecule has 0 bridgehead atoms. The number of nitrogens with one attached hydrogen (secondary N) is 2. The monoisotopic (exact) mass is 373 g/mol. The number of carbonyl (C=O) groups excluding carboxylic acids is 2. The molecule has 5 nitrogen and oxygen atoms in total. The van der Waals surface area contributed by atoms with Crippen LogP contribution < -0.4 is 15.0 Å². The number of Topliss-reactive ketones (excluding diaryl/α,β-unsaturated/α-hetero) is 1. The van der Waals surface area contributed by atoms with E-state index >= 15 is 0 Å². The molecule has 2 N–H and O–H groups in total. The molecule has 6 heteroatoms. The third-order valence-corrected chi connectivity index (χ3v) is 4.29. The normalized spacial score (nSPS) is 12.9. The van der Waals surface area contributed by atoms with E-state index in [4.69, 9.17) is 4.74 Å². The Balaban J connectivity index is 1.90. The fourth-order valence-electron chi connectivity index (χ4n) is 2.90.